The maximum absolute atomic E-state index is 10.7. The second-order valence-corrected chi connectivity index (χ2v) is 2.33. The normalized spacial score (nSPS) is 12.4. The Hall–Kier alpha value is 0.570. The fraction of sp³-hybridized carbons (Fsp3) is 1.00. The van der Waals surface area contributed by atoms with Gasteiger partial charge in [0.25, 0.3) is 0 Å². The summed E-state index contributed by atoms with van der Waals surface area (Å²) in [5, 5.41) is 0. The molecule has 0 aromatic heterocycles. The summed E-state index contributed by atoms with van der Waals surface area (Å²) < 4.78 is 57.5. The van der Waals surface area contributed by atoms with Crippen molar-refractivity contribution in [2.75, 3.05) is 0 Å². The van der Waals surface area contributed by atoms with Crippen LogP contribution in [0, 0.1) is 0 Å². The third-order valence-electron chi connectivity index (χ3n) is 0.292. The zero-order chi connectivity index (χ0) is 7.00. The van der Waals surface area contributed by atoms with Gasteiger partial charge in [-0.1, -0.05) is 0 Å². The third-order valence-corrected chi connectivity index (χ3v) is 0.877. The Balaban J connectivity index is 0. The Morgan fingerprint density at radius 2 is 1.33 bits per heavy atom. The van der Waals surface area contributed by atoms with Crippen molar-refractivity contribution in [1.82, 2.24) is 0 Å². The van der Waals surface area contributed by atoms with E-state index >= 15 is 0 Å². The van der Waals surface area contributed by atoms with Crippen molar-refractivity contribution in [1.29, 1.82) is 0 Å². The van der Waals surface area contributed by atoms with Gasteiger partial charge in [-0.3, -0.25) is 4.55 Å². The van der Waals surface area contributed by atoms with E-state index < -0.39 is 15.6 Å². The molecule has 0 amide bonds. The van der Waals surface area contributed by atoms with Crippen molar-refractivity contribution in [3.63, 3.8) is 0 Å². The molecule has 53 valence electrons. The summed E-state index contributed by atoms with van der Waals surface area (Å²) in [6, 6.07) is 0. The molecule has 1 N–H and O–H groups in total. The van der Waals surface area contributed by atoms with Crippen LogP contribution in [-0.4, -0.2) is 44.3 Å². The molecule has 0 aliphatic carbocycles. The first-order chi connectivity index (χ1) is 3.25. The Kier molecular flexibility index (Phi) is 4.24. The van der Waals surface area contributed by atoms with Gasteiger partial charge in [0.05, 0.1) is 0 Å². The van der Waals surface area contributed by atoms with E-state index in [4.69, 9.17) is 13.0 Å². The van der Waals surface area contributed by atoms with Gasteiger partial charge in [0, 0.05) is 25.8 Å². The molecule has 9 heavy (non-hydrogen) atoms. The summed E-state index contributed by atoms with van der Waals surface area (Å²) in [5.41, 5.74) is -5.53. The molecule has 0 bridgehead atoms. The zero-order valence-electron chi connectivity index (χ0n) is 3.88. The van der Waals surface area contributed by atoms with Crippen LogP contribution in [0.1, 0.15) is 0 Å². The van der Waals surface area contributed by atoms with Gasteiger partial charge in [0.15, 0.2) is 0 Å². The van der Waals surface area contributed by atoms with Crippen LogP contribution < -0.4 is 0 Å². The first kappa shape index (κ1) is 12.3. The van der Waals surface area contributed by atoms with Crippen molar-refractivity contribution in [3.8, 4) is 0 Å². The minimum atomic E-state index is -5.84. The zero-order valence-corrected chi connectivity index (χ0v) is 8.00. The van der Waals surface area contributed by atoms with Crippen molar-refractivity contribution in [3.05, 3.63) is 0 Å². The summed E-state index contributed by atoms with van der Waals surface area (Å²) in [5.74, 6) is 0. The largest absolute Gasteiger partial charge is 0.522 e. The van der Waals surface area contributed by atoms with Crippen LogP contribution in [0.4, 0.5) is 13.2 Å². The molecule has 0 saturated heterocycles. The van der Waals surface area contributed by atoms with Gasteiger partial charge in [-0.15, -0.1) is 0 Å². The predicted octanol–water partition coefficient (Wildman–Crippen LogP) is 0.0132. The third kappa shape index (κ3) is 4.04. The Morgan fingerprint density at radius 3 is 1.33 bits per heavy atom. The van der Waals surface area contributed by atoms with Gasteiger partial charge in [0.2, 0.25) is 0 Å². The fourth-order valence-electron chi connectivity index (χ4n) is 0. The monoisotopic (exact) mass is 265 g/mol. The number of hydrogen-bond acceptors (Lipinski definition) is 2. The Labute approximate surface area is 67.8 Å². The van der Waals surface area contributed by atoms with E-state index in [1.807, 2.05) is 0 Å². The molecule has 3 nitrogen and oxygen atoms in total. The van der Waals surface area contributed by atoms with E-state index in [2.05, 4.69) is 0 Å². The summed E-state index contributed by atoms with van der Waals surface area (Å²) in [7, 11) is -5.84. The van der Waals surface area contributed by atoms with Crippen molar-refractivity contribution < 1.29 is 26.1 Å². The molecule has 0 fully saturated rings. The standard InChI is InChI=1S/CHF3O3S.In/c2-1(3,4)8(5,6)7;/h(H,5,6,7);. The van der Waals surface area contributed by atoms with Gasteiger partial charge < -0.3 is 0 Å². The average Bonchev–Trinajstić information content (AvgIpc) is 1.25. The second kappa shape index (κ2) is 3.11. The molecule has 0 saturated carbocycles. The molecule has 0 aromatic carbocycles. The number of rotatable bonds is 0. The van der Waals surface area contributed by atoms with Gasteiger partial charge in [0.1, 0.15) is 0 Å². The van der Waals surface area contributed by atoms with Crippen LogP contribution in [0.25, 0.3) is 0 Å². The van der Waals surface area contributed by atoms with Crippen molar-refractivity contribution in [2.45, 2.75) is 5.51 Å². The smallest absolute Gasteiger partial charge is 0.279 e. The SMILES string of the molecule is O=S(=O)(O)C(F)(F)F.[In]. The molecule has 0 aliphatic heterocycles. The molecule has 0 atom stereocenters. The fourth-order valence-corrected chi connectivity index (χ4v) is 0. The maximum atomic E-state index is 10.7. The number of halogens is 3. The van der Waals surface area contributed by atoms with Crippen LogP contribution in [-0.2, 0) is 10.1 Å². The topological polar surface area (TPSA) is 54.4 Å². The molecular formula is CHF3InO3S. The van der Waals surface area contributed by atoms with Crippen molar-refractivity contribution >= 4 is 36.0 Å². The summed E-state index contributed by atoms with van der Waals surface area (Å²) in [6.07, 6.45) is 0. The van der Waals surface area contributed by atoms with E-state index in [9.17, 15) is 13.2 Å². The molecule has 0 unspecified atom stereocenters. The van der Waals surface area contributed by atoms with Gasteiger partial charge in [-0.25, -0.2) is 0 Å². The molecular weight excluding hydrogens is 264 g/mol. The quantitative estimate of drug-likeness (QED) is 0.496. The van der Waals surface area contributed by atoms with Crippen molar-refractivity contribution in [2.24, 2.45) is 0 Å². The molecule has 0 aromatic rings. The van der Waals surface area contributed by atoms with Gasteiger partial charge in [-0.05, 0) is 0 Å². The molecule has 0 heterocycles. The van der Waals surface area contributed by atoms with Crippen LogP contribution >= 0.6 is 0 Å². The molecule has 8 heteroatoms. The molecule has 0 spiro atoms. The second-order valence-electron chi connectivity index (χ2n) is 0.921. The molecule has 0 aliphatic rings. The van der Waals surface area contributed by atoms with Crippen LogP contribution in [0.3, 0.4) is 0 Å². The predicted molar refractivity (Wildman–Crippen MR) is 23.4 cm³/mol. The summed E-state index contributed by atoms with van der Waals surface area (Å²) in [4.78, 5) is 0. The molecule has 0 rings (SSSR count). The van der Waals surface area contributed by atoms with E-state index in [-0.39, 0.29) is 25.8 Å². The Bertz CT molecular complexity index is 168. The van der Waals surface area contributed by atoms with Gasteiger partial charge >= 0.3 is 15.6 Å². The average molecular weight is 265 g/mol. The minimum Gasteiger partial charge on any atom is -0.279 e. The van der Waals surface area contributed by atoms with E-state index in [0.29, 0.717) is 0 Å². The molecule has 3 radical (unpaired) electrons. The Morgan fingerprint density at radius 1 is 1.22 bits per heavy atom. The van der Waals surface area contributed by atoms with Crippen LogP contribution in [0.5, 0.6) is 0 Å². The number of hydrogen-bond donors (Lipinski definition) is 1. The van der Waals surface area contributed by atoms with E-state index in [1.165, 1.54) is 0 Å². The van der Waals surface area contributed by atoms with E-state index in [1.54, 1.807) is 0 Å². The number of alkyl halides is 3. The summed E-state index contributed by atoms with van der Waals surface area (Å²) in [6.45, 7) is 0. The summed E-state index contributed by atoms with van der Waals surface area (Å²) >= 11 is 0. The van der Waals surface area contributed by atoms with E-state index in [0.717, 1.165) is 0 Å². The maximum Gasteiger partial charge on any atom is 0.522 e. The van der Waals surface area contributed by atoms with Crippen LogP contribution in [0.15, 0.2) is 0 Å². The van der Waals surface area contributed by atoms with Crippen LogP contribution in [0.2, 0.25) is 0 Å². The first-order valence-electron chi connectivity index (χ1n) is 1.29. The van der Waals surface area contributed by atoms with Gasteiger partial charge in [-0.2, -0.15) is 21.6 Å². The first-order valence-corrected chi connectivity index (χ1v) is 2.73. The minimum absolute atomic E-state index is 0.